The van der Waals surface area contributed by atoms with E-state index in [0.29, 0.717) is 30.3 Å². The van der Waals surface area contributed by atoms with Gasteiger partial charge in [-0.15, -0.1) is 0 Å². The fraction of sp³-hybridized carbons (Fsp3) is 0.190. The van der Waals surface area contributed by atoms with Crippen LogP contribution in [0.1, 0.15) is 10.4 Å². The summed E-state index contributed by atoms with van der Waals surface area (Å²) in [6.45, 7) is 0.719. The Bertz CT molecular complexity index is 1150. The van der Waals surface area contributed by atoms with E-state index in [1.54, 1.807) is 24.3 Å². The predicted octanol–water partition coefficient (Wildman–Crippen LogP) is 2.92. The number of hydrogen-bond acceptors (Lipinski definition) is 7. The number of fused-ring (bicyclic) bond motifs is 1. The van der Waals surface area contributed by atoms with Crippen LogP contribution in [-0.2, 0) is 4.74 Å². The smallest absolute Gasteiger partial charge is 0.340 e. The normalized spacial score (nSPS) is 14.8. The molecule has 4 rings (SSSR count). The van der Waals surface area contributed by atoms with Crippen LogP contribution in [0.4, 0.5) is 5.69 Å². The summed E-state index contributed by atoms with van der Waals surface area (Å²) in [5, 5.41) is 7.19. The fourth-order valence-electron chi connectivity index (χ4n) is 3.06. The highest BCUT2D eigenvalue weighted by Gasteiger charge is 2.22. The maximum atomic E-state index is 12.8. The third kappa shape index (κ3) is 3.81. The molecule has 30 heavy (non-hydrogen) atoms. The second-order valence-electron chi connectivity index (χ2n) is 6.48. The van der Waals surface area contributed by atoms with E-state index >= 15 is 0 Å². The first-order valence-corrected chi connectivity index (χ1v) is 9.54. The van der Waals surface area contributed by atoms with Crippen LogP contribution in [0, 0.1) is 0 Å². The van der Waals surface area contributed by atoms with Crippen LogP contribution in [0.2, 0.25) is 5.02 Å². The Morgan fingerprint density at radius 3 is 2.77 bits per heavy atom. The number of nitrogens with zero attached hydrogens (tertiary/aromatic N) is 2. The van der Waals surface area contributed by atoms with Crippen molar-refractivity contribution in [3.63, 3.8) is 0 Å². The molecule has 0 aliphatic carbocycles. The van der Waals surface area contributed by atoms with Crippen molar-refractivity contribution >= 4 is 23.3 Å². The first-order chi connectivity index (χ1) is 14.6. The molecular weight excluding hydrogens is 410 g/mol. The molecule has 1 aliphatic heterocycles. The molecule has 0 unspecified atom stereocenters. The lowest BCUT2D eigenvalue weighted by molar-refractivity contribution is 0.0600. The zero-order chi connectivity index (χ0) is 21.1. The molecule has 0 fully saturated rings. The number of nitrogens with one attached hydrogen (secondary N) is 1. The maximum absolute atomic E-state index is 12.8. The van der Waals surface area contributed by atoms with Crippen LogP contribution < -0.4 is 20.3 Å². The van der Waals surface area contributed by atoms with Crippen LogP contribution >= 0.6 is 11.6 Å². The van der Waals surface area contributed by atoms with Crippen molar-refractivity contribution in [1.29, 1.82) is 0 Å². The lowest BCUT2D eigenvalue weighted by atomic mass is 10.2. The predicted molar refractivity (Wildman–Crippen MR) is 111 cm³/mol. The molecule has 1 atom stereocenters. The summed E-state index contributed by atoms with van der Waals surface area (Å²) in [6, 6.07) is 13.9. The molecule has 0 spiro atoms. The van der Waals surface area contributed by atoms with Gasteiger partial charge in [-0.25, -0.2) is 4.79 Å². The summed E-state index contributed by atoms with van der Waals surface area (Å²) >= 11 is 6.29. The molecule has 0 bridgehead atoms. The first kappa shape index (κ1) is 19.8. The SMILES string of the molecule is COC(=O)c1ccccc1-n1ncc(NC[C@@H]2COc3ccccc3O2)c(Cl)c1=O. The quantitative estimate of drug-likeness (QED) is 0.626. The summed E-state index contributed by atoms with van der Waals surface area (Å²) in [4.78, 5) is 24.8. The highest BCUT2D eigenvalue weighted by atomic mass is 35.5. The molecule has 8 nitrogen and oxygen atoms in total. The van der Waals surface area contributed by atoms with Crippen molar-refractivity contribution in [2.24, 2.45) is 0 Å². The number of carbonyl (C=O) groups excluding carboxylic acids is 1. The largest absolute Gasteiger partial charge is 0.486 e. The lowest BCUT2D eigenvalue weighted by Crippen LogP contribution is -2.35. The Morgan fingerprint density at radius 1 is 1.23 bits per heavy atom. The van der Waals surface area contributed by atoms with Gasteiger partial charge in [0.25, 0.3) is 5.56 Å². The molecule has 3 aromatic rings. The third-order valence-electron chi connectivity index (χ3n) is 4.54. The minimum Gasteiger partial charge on any atom is -0.486 e. The van der Waals surface area contributed by atoms with Crippen molar-refractivity contribution in [3.8, 4) is 17.2 Å². The van der Waals surface area contributed by atoms with E-state index in [2.05, 4.69) is 10.4 Å². The maximum Gasteiger partial charge on any atom is 0.340 e. The number of anilines is 1. The Hall–Kier alpha value is -3.52. The van der Waals surface area contributed by atoms with Crippen LogP contribution in [0.5, 0.6) is 11.5 Å². The molecular formula is C21H18ClN3O5. The molecule has 9 heteroatoms. The third-order valence-corrected chi connectivity index (χ3v) is 4.91. The van der Waals surface area contributed by atoms with Gasteiger partial charge in [-0.1, -0.05) is 35.9 Å². The molecule has 2 heterocycles. The summed E-state index contributed by atoms with van der Waals surface area (Å²) in [5.74, 6) is 0.780. The zero-order valence-electron chi connectivity index (χ0n) is 16.0. The van der Waals surface area contributed by atoms with E-state index in [4.69, 9.17) is 25.8 Å². The number of rotatable bonds is 5. The van der Waals surface area contributed by atoms with Gasteiger partial charge >= 0.3 is 5.97 Å². The second kappa shape index (κ2) is 8.46. The van der Waals surface area contributed by atoms with Crippen LogP contribution in [0.25, 0.3) is 5.69 Å². The number of benzene rings is 2. The molecule has 0 amide bonds. The first-order valence-electron chi connectivity index (χ1n) is 9.16. The second-order valence-corrected chi connectivity index (χ2v) is 6.85. The Balaban J connectivity index is 1.53. The standard InChI is InChI=1S/C21H18ClN3O5/c1-28-21(27)14-6-2-3-7-16(14)25-20(26)19(22)15(11-24-25)23-10-13-12-29-17-8-4-5-9-18(17)30-13/h2-9,11,13,23H,10,12H2,1H3/t13-/m1/s1. The van der Waals surface area contributed by atoms with Gasteiger partial charge in [0.2, 0.25) is 0 Å². The lowest BCUT2D eigenvalue weighted by Gasteiger charge is -2.26. The minimum absolute atomic E-state index is 0.0539. The van der Waals surface area contributed by atoms with Crippen molar-refractivity contribution in [1.82, 2.24) is 9.78 Å². The Kier molecular flexibility index (Phi) is 5.58. The number of hydrogen-bond donors (Lipinski definition) is 1. The van der Waals surface area contributed by atoms with Gasteiger partial charge < -0.3 is 19.5 Å². The number of ether oxygens (including phenoxy) is 3. The van der Waals surface area contributed by atoms with E-state index in [0.717, 1.165) is 4.68 Å². The topological polar surface area (TPSA) is 91.7 Å². The minimum atomic E-state index is -0.577. The summed E-state index contributed by atoms with van der Waals surface area (Å²) in [7, 11) is 1.27. The average molecular weight is 428 g/mol. The Morgan fingerprint density at radius 2 is 1.97 bits per heavy atom. The van der Waals surface area contributed by atoms with Gasteiger partial charge in [-0.3, -0.25) is 4.79 Å². The van der Waals surface area contributed by atoms with E-state index in [-0.39, 0.29) is 22.4 Å². The number of esters is 1. The zero-order valence-corrected chi connectivity index (χ0v) is 16.8. The molecule has 0 saturated carbocycles. The number of halogens is 1. The van der Waals surface area contributed by atoms with Crippen molar-refractivity contribution in [3.05, 3.63) is 75.7 Å². The van der Waals surface area contributed by atoms with Gasteiger partial charge in [0.05, 0.1) is 36.8 Å². The van der Waals surface area contributed by atoms with Crippen LogP contribution in [-0.4, -0.2) is 42.1 Å². The summed E-state index contributed by atoms with van der Waals surface area (Å²) in [6.07, 6.45) is 1.16. The van der Waals surface area contributed by atoms with E-state index in [9.17, 15) is 9.59 Å². The Labute approximate surface area is 176 Å². The molecule has 2 aromatic carbocycles. The number of carbonyl (C=O) groups is 1. The molecule has 1 N–H and O–H groups in total. The highest BCUT2D eigenvalue weighted by molar-refractivity contribution is 6.33. The highest BCUT2D eigenvalue weighted by Crippen LogP contribution is 2.31. The number of methoxy groups -OCH3 is 1. The van der Waals surface area contributed by atoms with Crippen molar-refractivity contribution < 1.29 is 19.0 Å². The average Bonchev–Trinajstić information content (AvgIpc) is 2.79. The monoisotopic (exact) mass is 427 g/mol. The summed E-state index contributed by atoms with van der Waals surface area (Å²) < 4.78 is 17.4. The molecule has 1 aliphatic rings. The van der Waals surface area contributed by atoms with Gasteiger partial charge in [0.1, 0.15) is 17.7 Å². The van der Waals surface area contributed by atoms with Gasteiger partial charge in [-0.05, 0) is 24.3 Å². The van der Waals surface area contributed by atoms with Crippen LogP contribution in [0.3, 0.4) is 0 Å². The number of para-hydroxylation sites is 3. The van der Waals surface area contributed by atoms with Gasteiger partial charge in [-0.2, -0.15) is 9.78 Å². The van der Waals surface area contributed by atoms with Gasteiger partial charge in [0, 0.05) is 0 Å². The summed E-state index contributed by atoms with van der Waals surface area (Å²) in [5.41, 5.74) is 0.279. The van der Waals surface area contributed by atoms with E-state index in [1.165, 1.54) is 13.3 Å². The van der Waals surface area contributed by atoms with Gasteiger partial charge in [0.15, 0.2) is 11.5 Å². The fourth-order valence-corrected chi connectivity index (χ4v) is 3.25. The van der Waals surface area contributed by atoms with Crippen molar-refractivity contribution in [2.45, 2.75) is 6.10 Å². The molecule has 154 valence electrons. The van der Waals surface area contributed by atoms with Crippen molar-refractivity contribution in [2.75, 3.05) is 25.6 Å². The number of aromatic nitrogens is 2. The molecule has 1 aromatic heterocycles. The molecule has 0 saturated heterocycles. The molecule has 0 radical (unpaired) electrons. The van der Waals surface area contributed by atoms with Crippen LogP contribution in [0.15, 0.2) is 59.5 Å². The van der Waals surface area contributed by atoms with E-state index in [1.807, 2.05) is 24.3 Å². The van der Waals surface area contributed by atoms with E-state index < -0.39 is 11.5 Å².